The lowest BCUT2D eigenvalue weighted by Gasteiger charge is -2.33. The molecule has 1 unspecified atom stereocenters. The van der Waals surface area contributed by atoms with E-state index in [1.165, 1.54) is 25.7 Å². The topological polar surface area (TPSA) is 44.4 Å². The number of carbonyl (C=O) groups is 1. The van der Waals surface area contributed by atoms with Crippen LogP contribution < -0.4 is 10.6 Å². The van der Waals surface area contributed by atoms with Crippen LogP contribution in [-0.4, -0.2) is 50.1 Å². The molecule has 1 amide bonds. The van der Waals surface area contributed by atoms with Crippen LogP contribution in [0.4, 0.5) is 0 Å². The summed E-state index contributed by atoms with van der Waals surface area (Å²) in [5, 5.41) is 6.49. The summed E-state index contributed by atoms with van der Waals surface area (Å²) in [6, 6.07) is 0.427. The van der Waals surface area contributed by atoms with Crippen molar-refractivity contribution < 1.29 is 4.79 Å². The molecule has 0 radical (unpaired) electrons. The Kier molecular flexibility index (Phi) is 8.60. The summed E-state index contributed by atoms with van der Waals surface area (Å²) < 4.78 is 0. The number of nitrogens with one attached hydrogen (secondary N) is 2. The van der Waals surface area contributed by atoms with Crippen LogP contribution in [0, 0.1) is 11.8 Å². The molecule has 2 fully saturated rings. The first-order valence-electron chi connectivity index (χ1n) is 8.33. The van der Waals surface area contributed by atoms with Crippen LogP contribution in [0.25, 0.3) is 0 Å². The zero-order valence-electron chi connectivity index (χ0n) is 13.6. The summed E-state index contributed by atoms with van der Waals surface area (Å²) in [7, 11) is 2.01. The Hall–Kier alpha value is -0.320. The molecule has 1 aliphatic carbocycles. The van der Waals surface area contributed by atoms with E-state index in [4.69, 9.17) is 0 Å². The highest BCUT2D eigenvalue weighted by Gasteiger charge is 2.23. The van der Waals surface area contributed by atoms with E-state index in [0.717, 1.165) is 38.4 Å². The lowest BCUT2D eigenvalue weighted by molar-refractivity contribution is -0.123. The number of carbonyl (C=O) groups excluding carboxylic acids is 1. The van der Waals surface area contributed by atoms with Gasteiger partial charge in [0, 0.05) is 12.6 Å². The minimum Gasteiger partial charge on any atom is -0.352 e. The molecule has 0 aromatic rings. The molecular formula is C16H32ClN3O. The van der Waals surface area contributed by atoms with Gasteiger partial charge in [-0.3, -0.25) is 9.69 Å². The van der Waals surface area contributed by atoms with Gasteiger partial charge in [-0.25, -0.2) is 0 Å². The fourth-order valence-electron chi connectivity index (χ4n) is 3.63. The third kappa shape index (κ3) is 6.54. The van der Waals surface area contributed by atoms with Gasteiger partial charge in [-0.1, -0.05) is 6.92 Å². The van der Waals surface area contributed by atoms with Gasteiger partial charge in [-0.05, 0) is 70.5 Å². The first kappa shape index (κ1) is 18.7. The third-order valence-electron chi connectivity index (χ3n) is 4.84. The van der Waals surface area contributed by atoms with E-state index < -0.39 is 0 Å². The summed E-state index contributed by atoms with van der Waals surface area (Å²) in [6.07, 6.45) is 7.36. The standard InChI is InChI=1S/C16H31N3O.ClH/c1-13-5-7-15(8-6-13)18-16(20)12-19-9-3-4-14(11-19)10-17-2;/h13-15,17H,3-12H2,1-2H3,(H,18,20);1H. The number of hydrogen-bond acceptors (Lipinski definition) is 3. The van der Waals surface area contributed by atoms with Crippen molar-refractivity contribution >= 4 is 18.3 Å². The van der Waals surface area contributed by atoms with E-state index >= 15 is 0 Å². The van der Waals surface area contributed by atoms with E-state index in [-0.39, 0.29) is 18.3 Å². The monoisotopic (exact) mass is 317 g/mol. The summed E-state index contributed by atoms with van der Waals surface area (Å²) in [6.45, 7) is 6.11. The van der Waals surface area contributed by atoms with Gasteiger partial charge in [0.1, 0.15) is 0 Å². The summed E-state index contributed by atoms with van der Waals surface area (Å²) in [4.78, 5) is 14.5. The third-order valence-corrected chi connectivity index (χ3v) is 4.84. The van der Waals surface area contributed by atoms with Crippen LogP contribution >= 0.6 is 12.4 Å². The molecule has 0 aromatic heterocycles. The highest BCUT2D eigenvalue weighted by Crippen LogP contribution is 2.23. The van der Waals surface area contributed by atoms with Crippen molar-refractivity contribution in [2.45, 2.75) is 51.5 Å². The van der Waals surface area contributed by atoms with Gasteiger partial charge in [0.15, 0.2) is 0 Å². The molecule has 2 N–H and O–H groups in total. The molecule has 1 saturated carbocycles. The summed E-state index contributed by atoms with van der Waals surface area (Å²) >= 11 is 0. The van der Waals surface area contributed by atoms with Crippen molar-refractivity contribution in [1.29, 1.82) is 0 Å². The molecule has 1 heterocycles. The highest BCUT2D eigenvalue weighted by molar-refractivity contribution is 5.85. The minimum absolute atomic E-state index is 0. The Balaban J connectivity index is 0.00000220. The number of likely N-dealkylation sites (tertiary alicyclic amines) is 1. The number of nitrogens with zero attached hydrogens (tertiary/aromatic N) is 1. The van der Waals surface area contributed by atoms with Gasteiger partial charge < -0.3 is 10.6 Å². The zero-order chi connectivity index (χ0) is 14.4. The fourth-order valence-corrected chi connectivity index (χ4v) is 3.63. The maximum Gasteiger partial charge on any atom is 0.234 e. The lowest BCUT2D eigenvalue weighted by Crippen LogP contribution is -2.47. The zero-order valence-corrected chi connectivity index (χ0v) is 14.4. The first-order chi connectivity index (χ1) is 9.67. The van der Waals surface area contributed by atoms with Crippen molar-refractivity contribution in [2.24, 2.45) is 11.8 Å². The van der Waals surface area contributed by atoms with Gasteiger partial charge in [-0.15, -0.1) is 12.4 Å². The van der Waals surface area contributed by atoms with E-state index in [2.05, 4.69) is 22.5 Å². The molecule has 21 heavy (non-hydrogen) atoms. The average Bonchev–Trinajstić information content (AvgIpc) is 2.42. The second-order valence-electron chi connectivity index (χ2n) is 6.83. The second kappa shape index (κ2) is 9.65. The molecule has 0 aromatic carbocycles. The molecule has 1 aliphatic heterocycles. The average molecular weight is 318 g/mol. The van der Waals surface area contributed by atoms with Crippen molar-refractivity contribution in [3.8, 4) is 0 Å². The van der Waals surface area contributed by atoms with E-state index in [1.807, 2.05) is 7.05 Å². The van der Waals surface area contributed by atoms with Crippen LogP contribution in [0.2, 0.25) is 0 Å². The summed E-state index contributed by atoms with van der Waals surface area (Å²) in [5.41, 5.74) is 0. The van der Waals surface area contributed by atoms with E-state index in [1.54, 1.807) is 0 Å². The maximum absolute atomic E-state index is 12.2. The first-order valence-corrected chi connectivity index (χ1v) is 8.33. The Morgan fingerprint density at radius 2 is 1.90 bits per heavy atom. The predicted molar refractivity (Wildman–Crippen MR) is 89.9 cm³/mol. The molecule has 124 valence electrons. The molecule has 2 rings (SSSR count). The number of hydrogen-bond donors (Lipinski definition) is 2. The molecule has 2 aliphatic rings. The Morgan fingerprint density at radius 1 is 1.19 bits per heavy atom. The smallest absolute Gasteiger partial charge is 0.234 e. The molecule has 5 heteroatoms. The van der Waals surface area contributed by atoms with Crippen molar-refractivity contribution in [3.05, 3.63) is 0 Å². The van der Waals surface area contributed by atoms with Gasteiger partial charge in [-0.2, -0.15) is 0 Å². The number of piperidine rings is 1. The lowest BCUT2D eigenvalue weighted by atomic mass is 9.87. The molecule has 1 saturated heterocycles. The van der Waals surface area contributed by atoms with Gasteiger partial charge in [0.05, 0.1) is 6.54 Å². The van der Waals surface area contributed by atoms with Crippen LogP contribution in [-0.2, 0) is 4.79 Å². The molecule has 0 spiro atoms. The number of amides is 1. The SMILES string of the molecule is CNCC1CCCN(CC(=O)NC2CCC(C)CC2)C1.Cl. The molecule has 4 nitrogen and oxygen atoms in total. The van der Waals surface area contributed by atoms with E-state index in [0.29, 0.717) is 18.5 Å². The summed E-state index contributed by atoms with van der Waals surface area (Å²) in [5.74, 6) is 1.78. The van der Waals surface area contributed by atoms with Gasteiger partial charge in [0.2, 0.25) is 5.91 Å². The fraction of sp³-hybridized carbons (Fsp3) is 0.938. The predicted octanol–water partition coefficient (Wildman–Crippen LogP) is 2.03. The second-order valence-corrected chi connectivity index (χ2v) is 6.83. The number of rotatable bonds is 5. The van der Waals surface area contributed by atoms with Crippen molar-refractivity contribution in [1.82, 2.24) is 15.5 Å². The largest absolute Gasteiger partial charge is 0.352 e. The minimum atomic E-state index is 0. The molecule has 1 atom stereocenters. The van der Waals surface area contributed by atoms with Crippen molar-refractivity contribution in [3.63, 3.8) is 0 Å². The molecular weight excluding hydrogens is 286 g/mol. The van der Waals surface area contributed by atoms with E-state index in [9.17, 15) is 4.79 Å². The van der Waals surface area contributed by atoms with Gasteiger partial charge >= 0.3 is 0 Å². The van der Waals surface area contributed by atoms with Crippen LogP contribution in [0.1, 0.15) is 45.4 Å². The van der Waals surface area contributed by atoms with Crippen LogP contribution in [0.5, 0.6) is 0 Å². The quantitative estimate of drug-likeness (QED) is 0.815. The van der Waals surface area contributed by atoms with Crippen LogP contribution in [0.3, 0.4) is 0 Å². The normalized spacial score (nSPS) is 30.5. The number of halogens is 1. The van der Waals surface area contributed by atoms with Crippen LogP contribution in [0.15, 0.2) is 0 Å². The Morgan fingerprint density at radius 3 is 2.57 bits per heavy atom. The Bertz CT molecular complexity index is 304. The molecule has 0 bridgehead atoms. The van der Waals surface area contributed by atoms with Crippen molar-refractivity contribution in [2.75, 3.05) is 33.2 Å². The van der Waals surface area contributed by atoms with Gasteiger partial charge in [0.25, 0.3) is 0 Å². The Labute approximate surface area is 135 Å². The highest BCUT2D eigenvalue weighted by atomic mass is 35.5. The maximum atomic E-state index is 12.2.